The van der Waals surface area contributed by atoms with Crippen molar-refractivity contribution in [3.05, 3.63) is 34.9 Å². The Morgan fingerprint density at radius 3 is 2.78 bits per heavy atom. The van der Waals surface area contributed by atoms with E-state index in [-0.39, 0.29) is 12.3 Å². The summed E-state index contributed by atoms with van der Waals surface area (Å²) in [5.41, 5.74) is 3.42. The van der Waals surface area contributed by atoms with E-state index in [1.165, 1.54) is 11.1 Å². The highest BCUT2D eigenvalue weighted by Crippen LogP contribution is 2.25. The third kappa shape index (κ3) is 3.10. The zero-order valence-electron chi connectivity index (χ0n) is 10.5. The van der Waals surface area contributed by atoms with Gasteiger partial charge < -0.3 is 5.11 Å². The summed E-state index contributed by atoms with van der Waals surface area (Å²) in [6.07, 6.45) is 2.54. The number of fused-ring (bicyclic) bond motifs is 1. The van der Waals surface area contributed by atoms with Gasteiger partial charge >= 0.3 is 0 Å². The molecule has 0 heterocycles. The molecule has 0 saturated heterocycles. The van der Waals surface area contributed by atoms with E-state index in [9.17, 15) is 13.5 Å². The molecule has 0 bridgehead atoms. The second kappa shape index (κ2) is 5.38. The average Bonchev–Trinajstić information content (AvgIpc) is 2.83. The molecule has 1 aliphatic rings. The summed E-state index contributed by atoms with van der Waals surface area (Å²) in [6, 6.07) is 5.91. The molecule has 4 nitrogen and oxygen atoms in total. The quantitative estimate of drug-likeness (QED) is 0.842. The molecule has 100 valence electrons. The van der Waals surface area contributed by atoms with Crippen molar-refractivity contribution < 1.29 is 13.5 Å². The summed E-state index contributed by atoms with van der Waals surface area (Å²) in [6.45, 7) is 1.61. The van der Waals surface area contributed by atoms with Gasteiger partial charge in [0.2, 0.25) is 10.0 Å². The number of aryl methyl sites for hydroxylation is 2. The number of nitrogens with one attached hydrogen (secondary N) is 1. The molecule has 1 unspecified atom stereocenters. The van der Waals surface area contributed by atoms with Gasteiger partial charge in [0.15, 0.2) is 0 Å². The van der Waals surface area contributed by atoms with Gasteiger partial charge in [-0.3, -0.25) is 0 Å². The third-order valence-corrected chi connectivity index (χ3v) is 4.75. The molecular weight excluding hydrogens is 250 g/mol. The van der Waals surface area contributed by atoms with Crippen molar-refractivity contribution in [1.29, 1.82) is 0 Å². The predicted molar refractivity (Wildman–Crippen MR) is 70.9 cm³/mol. The van der Waals surface area contributed by atoms with E-state index in [2.05, 4.69) is 4.72 Å². The molecule has 0 amide bonds. The van der Waals surface area contributed by atoms with E-state index in [0.717, 1.165) is 24.8 Å². The smallest absolute Gasteiger partial charge is 0.211 e. The Morgan fingerprint density at radius 1 is 1.33 bits per heavy atom. The average molecular weight is 269 g/mol. The Morgan fingerprint density at radius 2 is 2.06 bits per heavy atom. The predicted octanol–water partition coefficient (Wildman–Crippen LogP) is 1.15. The normalized spacial score (nSPS) is 16.6. The fourth-order valence-electron chi connectivity index (χ4n) is 2.22. The highest BCUT2D eigenvalue weighted by atomic mass is 32.2. The van der Waals surface area contributed by atoms with Crippen molar-refractivity contribution in [2.45, 2.75) is 32.3 Å². The minimum Gasteiger partial charge on any atom is -0.387 e. The van der Waals surface area contributed by atoms with Gasteiger partial charge in [0.25, 0.3) is 0 Å². The topological polar surface area (TPSA) is 66.4 Å². The monoisotopic (exact) mass is 269 g/mol. The Kier molecular flexibility index (Phi) is 4.04. The molecule has 0 fully saturated rings. The molecule has 0 saturated carbocycles. The number of rotatable bonds is 5. The van der Waals surface area contributed by atoms with Gasteiger partial charge in [-0.15, -0.1) is 0 Å². The second-order valence-electron chi connectivity index (χ2n) is 4.65. The van der Waals surface area contributed by atoms with Gasteiger partial charge in [-0.25, -0.2) is 13.1 Å². The van der Waals surface area contributed by atoms with Crippen LogP contribution in [0, 0.1) is 0 Å². The molecular formula is C13H19NO3S. The highest BCUT2D eigenvalue weighted by Gasteiger charge is 2.16. The number of hydrogen-bond acceptors (Lipinski definition) is 3. The molecule has 2 rings (SSSR count). The second-order valence-corrected chi connectivity index (χ2v) is 6.74. The van der Waals surface area contributed by atoms with Crippen molar-refractivity contribution in [3.8, 4) is 0 Å². The van der Waals surface area contributed by atoms with Crippen molar-refractivity contribution in [1.82, 2.24) is 4.72 Å². The molecule has 1 aromatic rings. The first-order valence-corrected chi connectivity index (χ1v) is 7.94. The van der Waals surface area contributed by atoms with Gasteiger partial charge in [-0.2, -0.15) is 0 Å². The van der Waals surface area contributed by atoms with Crippen LogP contribution in [-0.2, 0) is 22.9 Å². The molecule has 2 N–H and O–H groups in total. The lowest BCUT2D eigenvalue weighted by Crippen LogP contribution is -2.29. The van der Waals surface area contributed by atoms with Crippen LogP contribution in [0.3, 0.4) is 0 Å². The van der Waals surface area contributed by atoms with Crippen LogP contribution < -0.4 is 4.72 Å². The zero-order valence-corrected chi connectivity index (χ0v) is 11.3. The maximum absolute atomic E-state index is 11.3. The van der Waals surface area contributed by atoms with Crippen LogP contribution in [0.1, 0.15) is 36.1 Å². The molecule has 1 aromatic carbocycles. The van der Waals surface area contributed by atoms with Crippen molar-refractivity contribution in [2.75, 3.05) is 12.3 Å². The van der Waals surface area contributed by atoms with Crippen LogP contribution >= 0.6 is 0 Å². The van der Waals surface area contributed by atoms with Crippen LogP contribution in [0.25, 0.3) is 0 Å². The summed E-state index contributed by atoms with van der Waals surface area (Å²) in [4.78, 5) is 0. The Hall–Kier alpha value is -0.910. The van der Waals surface area contributed by atoms with Crippen molar-refractivity contribution in [3.63, 3.8) is 0 Å². The Bertz CT molecular complexity index is 525. The Labute approximate surface area is 108 Å². The van der Waals surface area contributed by atoms with Gasteiger partial charge in [0.05, 0.1) is 11.9 Å². The van der Waals surface area contributed by atoms with E-state index < -0.39 is 16.1 Å². The summed E-state index contributed by atoms with van der Waals surface area (Å²) in [5, 5.41) is 9.98. The van der Waals surface area contributed by atoms with Crippen molar-refractivity contribution >= 4 is 10.0 Å². The first-order valence-electron chi connectivity index (χ1n) is 6.29. The minimum atomic E-state index is -3.24. The molecule has 5 heteroatoms. The van der Waals surface area contributed by atoms with Gasteiger partial charge in [0.1, 0.15) is 0 Å². The molecule has 0 radical (unpaired) electrons. The van der Waals surface area contributed by atoms with E-state index in [4.69, 9.17) is 0 Å². The standard InChI is InChI=1S/C13H19NO3S/c1-2-18(16,17)14-9-13(15)12-7-6-10-4-3-5-11(10)8-12/h6-8,13-15H,2-5,9H2,1H3. The summed E-state index contributed by atoms with van der Waals surface area (Å²) < 4.78 is 25.0. The van der Waals surface area contributed by atoms with E-state index in [1.54, 1.807) is 6.92 Å². The number of sulfonamides is 1. The molecule has 18 heavy (non-hydrogen) atoms. The summed E-state index contributed by atoms with van der Waals surface area (Å²) >= 11 is 0. The summed E-state index contributed by atoms with van der Waals surface area (Å²) in [7, 11) is -3.24. The molecule has 0 aromatic heterocycles. The highest BCUT2D eigenvalue weighted by molar-refractivity contribution is 7.89. The third-order valence-electron chi connectivity index (χ3n) is 3.38. The van der Waals surface area contributed by atoms with Gasteiger partial charge in [0, 0.05) is 6.54 Å². The lowest BCUT2D eigenvalue weighted by molar-refractivity contribution is 0.182. The Balaban J connectivity index is 2.03. The lowest BCUT2D eigenvalue weighted by Gasteiger charge is -2.13. The molecule has 1 aliphatic carbocycles. The maximum Gasteiger partial charge on any atom is 0.211 e. The SMILES string of the molecule is CCS(=O)(=O)NCC(O)c1ccc2c(c1)CCC2. The van der Waals surface area contributed by atoms with E-state index in [0.29, 0.717) is 0 Å². The largest absolute Gasteiger partial charge is 0.387 e. The van der Waals surface area contributed by atoms with Crippen LogP contribution in [-0.4, -0.2) is 25.8 Å². The van der Waals surface area contributed by atoms with Gasteiger partial charge in [-0.1, -0.05) is 18.2 Å². The minimum absolute atomic E-state index is 0.0317. The molecule has 1 atom stereocenters. The van der Waals surface area contributed by atoms with Crippen molar-refractivity contribution in [2.24, 2.45) is 0 Å². The van der Waals surface area contributed by atoms with E-state index in [1.807, 2.05) is 18.2 Å². The maximum atomic E-state index is 11.3. The van der Waals surface area contributed by atoms with Crippen LogP contribution in [0.2, 0.25) is 0 Å². The first-order chi connectivity index (χ1) is 8.52. The number of aliphatic hydroxyl groups is 1. The number of benzene rings is 1. The molecule has 0 spiro atoms. The van der Waals surface area contributed by atoms with Crippen LogP contribution in [0.4, 0.5) is 0 Å². The van der Waals surface area contributed by atoms with Crippen LogP contribution in [0.5, 0.6) is 0 Å². The molecule has 0 aliphatic heterocycles. The summed E-state index contributed by atoms with van der Waals surface area (Å²) in [5.74, 6) is 0.0317. The number of hydrogen-bond donors (Lipinski definition) is 2. The van der Waals surface area contributed by atoms with Gasteiger partial charge in [-0.05, 0) is 42.9 Å². The lowest BCUT2D eigenvalue weighted by atomic mass is 10.0. The van der Waals surface area contributed by atoms with Crippen LogP contribution in [0.15, 0.2) is 18.2 Å². The fraction of sp³-hybridized carbons (Fsp3) is 0.538. The number of aliphatic hydroxyl groups excluding tert-OH is 1. The first kappa shape index (κ1) is 13.5. The zero-order chi connectivity index (χ0) is 13.2. The fourth-order valence-corrected chi connectivity index (χ4v) is 2.84. The van der Waals surface area contributed by atoms with E-state index >= 15 is 0 Å².